The average molecular weight is 220 g/mol. The molecule has 1 aromatic carbocycles. The van der Waals surface area contributed by atoms with E-state index < -0.39 is 0 Å². The molecule has 0 aliphatic rings. The minimum atomic E-state index is 0.591. The van der Waals surface area contributed by atoms with E-state index in [9.17, 15) is 0 Å². The molecule has 0 amide bonds. The Balaban J connectivity index is 2.18. The van der Waals surface area contributed by atoms with Crippen LogP contribution in [0.1, 0.15) is 6.42 Å². The van der Waals surface area contributed by atoms with E-state index in [2.05, 4.69) is 11.6 Å². The molecule has 0 bridgehead atoms. The van der Waals surface area contributed by atoms with Crippen molar-refractivity contribution in [1.82, 2.24) is 4.98 Å². The van der Waals surface area contributed by atoms with E-state index in [1.807, 2.05) is 24.3 Å². The van der Waals surface area contributed by atoms with Crippen molar-refractivity contribution in [3.8, 4) is 5.75 Å². The van der Waals surface area contributed by atoms with Crippen LogP contribution in [0, 0.1) is 0 Å². The molecule has 0 unspecified atom stereocenters. The number of aromatic nitrogens is 1. The number of nitrogen functional groups attached to an aromatic ring is 1. The molecular formula is C11H12N2OS. The van der Waals surface area contributed by atoms with Gasteiger partial charge in [0.2, 0.25) is 0 Å². The Morgan fingerprint density at radius 1 is 1.53 bits per heavy atom. The van der Waals surface area contributed by atoms with E-state index >= 15 is 0 Å². The Kier molecular flexibility index (Phi) is 2.87. The van der Waals surface area contributed by atoms with Gasteiger partial charge in [0.25, 0.3) is 0 Å². The van der Waals surface area contributed by atoms with Gasteiger partial charge in [-0.3, -0.25) is 0 Å². The van der Waals surface area contributed by atoms with Crippen LogP contribution in [0.2, 0.25) is 0 Å². The lowest BCUT2D eigenvalue weighted by atomic mass is 10.3. The molecule has 0 aliphatic carbocycles. The molecule has 2 rings (SSSR count). The van der Waals surface area contributed by atoms with Crippen molar-refractivity contribution < 1.29 is 4.74 Å². The maximum absolute atomic E-state index is 5.62. The topological polar surface area (TPSA) is 48.1 Å². The number of anilines is 1. The average Bonchev–Trinajstić information content (AvgIpc) is 2.57. The van der Waals surface area contributed by atoms with Gasteiger partial charge in [-0.25, -0.2) is 4.98 Å². The molecule has 2 N–H and O–H groups in total. The molecule has 0 aliphatic heterocycles. The summed E-state index contributed by atoms with van der Waals surface area (Å²) >= 11 is 1.47. The maximum atomic E-state index is 5.62. The first-order valence-electron chi connectivity index (χ1n) is 4.69. The highest BCUT2D eigenvalue weighted by Crippen LogP contribution is 2.27. The number of benzene rings is 1. The minimum absolute atomic E-state index is 0.591. The lowest BCUT2D eigenvalue weighted by molar-refractivity contribution is 0.325. The van der Waals surface area contributed by atoms with Crippen molar-refractivity contribution in [2.75, 3.05) is 12.3 Å². The minimum Gasteiger partial charge on any atom is -0.493 e. The second kappa shape index (κ2) is 4.31. The summed E-state index contributed by atoms with van der Waals surface area (Å²) in [5, 5.41) is 0.591. The van der Waals surface area contributed by atoms with Crippen LogP contribution in [0.5, 0.6) is 5.75 Å². The Labute approximate surface area is 92.2 Å². The Morgan fingerprint density at radius 3 is 3.20 bits per heavy atom. The second-order valence-corrected chi connectivity index (χ2v) is 4.17. The van der Waals surface area contributed by atoms with Crippen LogP contribution in [0.15, 0.2) is 30.9 Å². The molecule has 4 heteroatoms. The predicted molar refractivity (Wildman–Crippen MR) is 64.3 cm³/mol. The number of thiazole rings is 1. The van der Waals surface area contributed by atoms with Crippen LogP contribution < -0.4 is 10.5 Å². The molecule has 0 atom stereocenters. The number of nitrogens with zero attached hydrogens (tertiary/aromatic N) is 1. The fraction of sp³-hybridized carbons (Fsp3) is 0.182. The summed E-state index contributed by atoms with van der Waals surface area (Å²) in [6.07, 6.45) is 2.69. The fourth-order valence-electron chi connectivity index (χ4n) is 1.27. The van der Waals surface area contributed by atoms with Gasteiger partial charge in [-0.05, 0) is 24.6 Å². The number of fused-ring (bicyclic) bond motifs is 1. The zero-order chi connectivity index (χ0) is 10.7. The summed E-state index contributed by atoms with van der Waals surface area (Å²) in [6.45, 7) is 4.30. The third-order valence-electron chi connectivity index (χ3n) is 1.97. The van der Waals surface area contributed by atoms with Gasteiger partial charge in [-0.2, -0.15) is 0 Å². The molecular weight excluding hydrogens is 208 g/mol. The molecule has 0 saturated heterocycles. The SMILES string of the molecule is C=CCCOc1ccc2nc(N)sc2c1. The largest absolute Gasteiger partial charge is 0.493 e. The van der Waals surface area contributed by atoms with E-state index in [4.69, 9.17) is 10.5 Å². The van der Waals surface area contributed by atoms with E-state index in [1.165, 1.54) is 11.3 Å². The smallest absolute Gasteiger partial charge is 0.181 e. The Bertz CT molecular complexity index is 478. The molecule has 0 saturated carbocycles. The quantitative estimate of drug-likeness (QED) is 0.636. The van der Waals surface area contributed by atoms with Gasteiger partial charge in [0.15, 0.2) is 5.13 Å². The van der Waals surface area contributed by atoms with Crippen LogP contribution in [-0.2, 0) is 0 Å². The van der Waals surface area contributed by atoms with Crippen LogP contribution in [0.3, 0.4) is 0 Å². The zero-order valence-electron chi connectivity index (χ0n) is 8.27. The Morgan fingerprint density at radius 2 is 2.40 bits per heavy atom. The molecule has 15 heavy (non-hydrogen) atoms. The van der Waals surface area contributed by atoms with Crippen LogP contribution in [0.4, 0.5) is 5.13 Å². The van der Waals surface area contributed by atoms with Gasteiger partial charge in [0, 0.05) is 0 Å². The van der Waals surface area contributed by atoms with Crippen molar-refractivity contribution in [2.24, 2.45) is 0 Å². The van der Waals surface area contributed by atoms with E-state index in [-0.39, 0.29) is 0 Å². The van der Waals surface area contributed by atoms with Crippen molar-refractivity contribution in [1.29, 1.82) is 0 Å². The zero-order valence-corrected chi connectivity index (χ0v) is 9.09. The van der Waals surface area contributed by atoms with Crippen molar-refractivity contribution >= 4 is 26.7 Å². The molecule has 1 heterocycles. The molecule has 1 aromatic heterocycles. The lowest BCUT2D eigenvalue weighted by Crippen LogP contribution is -1.94. The summed E-state index contributed by atoms with van der Waals surface area (Å²) in [5.74, 6) is 0.855. The summed E-state index contributed by atoms with van der Waals surface area (Å²) in [4.78, 5) is 4.18. The van der Waals surface area contributed by atoms with E-state index in [0.717, 1.165) is 22.4 Å². The fourth-order valence-corrected chi connectivity index (χ4v) is 2.04. The first-order valence-corrected chi connectivity index (χ1v) is 5.51. The van der Waals surface area contributed by atoms with Crippen molar-refractivity contribution in [3.63, 3.8) is 0 Å². The van der Waals surface area contributed by atoms with Crippen molar-refractivity contribution in [2.45, 2.75) is 6.42 Å². The van der Waals surface area contributed by atoms with Crippen LogP contribution >= 0.6 is 11.3 Å². The Hall–Kier alpha value is -1.55. The van der Waals surface area contributed by atoms with Gasteiger partial charge < -0.3 is 10.5 Å². The van der Waals surface area contributed by atoms with E-state index in [0.29, 0.717) is 11.7 Å². The van der Waals surface area contributed by atoms with Crippen molar-refractivity contribution in [3.05, 3.63) is 30.9 Å². The molecule has 0 fully saturated rings. The molecule has 0 radical (unpaired) electrons. The van der Waals surface area contributed by atoms with E-state index in [1.54, 1.807) is 0 Å². The maximum Gasteiger partial charge on any atom is 0.181 e. The summed E-state index contributed by atoms with van der Waals surface area (Å²) in [7, 11) is 0. The number of rotatable bonds is 4. The molecule has 78 valence electrons. The highest BCUT2D eigenvalue weighted by molar-refractivity contribution is 7.22. The summed E-state index contributed by atoms with van der Waals surface area (Å²) in [5.41, 5.74) is 6.54. The predicted octanol–water partition coefficient (Wildman–Crippen LogP) is 2.83. The third kappa shape index (κ3) is 2.27. The summed E-state index contributed by atoms with van der Waals surface area (Å²) in [6, 6.07) is 5.79. The highest BCUT2D eigenvalue weighted by Gasteiger charge is 2.02. The second-order valence-electron chi connectivity index (χ2n) is 3.11. The number of ether oxygens (including phenoxy) is 1. The van der Waals surface area contributed by atoms with Gasteiger partial charge in [0.05, 0.1) is 16.8 Å². The summed E-state index contributed by atoms with van der Waals surface area (Å²) < 4.78 is 6.59. The monoisotopic (exact) mass is 220 g/mol. The molecule has 3 nitrogen and oxygen atoms in total. The third-order valence-corrected chi connectivity index (χ3v) is 2.81. The van der Waals surface area contributed by atoms with Gasteiger partial charge in [-0.15, -0.1) is 6.58 Å². The lowest BCUT2D eigenvalue weighted by Gasteiger charge is -2.03. The van der Waals surface area contributed by atoms with Crippen LogP contribution in [-0.4, -0.2) is 11.6 Å². The first-order chi connectivity index (χ1) is 7.29. The highest BCUT2D eigenvalue weighted by atomic mass is 32.1. The van der Waals surface area contributed by atoms with Gasteiger partial charge >= 0.3 is 0 Å². The molecule has 2 aromatic rings. The standard InChI is InChI=1S/C11H12N2OS/c1-2-3-6-14-8-4-5-9-10(7-8)15-11(12)13-9/h2,4-5,7H,1,3,6H2,(H2,12,13). The first kappa shape index (κ1) is 9.98. The van der Waals surface area contributed by atoms with Crippen LogP contribution in [0.25, 0.3) is 10.2 Å². The number of nitrogens with two attached hydrogens (primary N) is 1. The number of hydrogen-bond donors (Lipinski definition) is 1. The molecule has 0 spiro atoms. The normalized spacial score (nSPS) is 10.4. The van der Waals surface area contributed by atoms with Gasteiger partial charge in [0.1, 0.15) is 5.75 Å². The van der Waals surface area contributed by atoms with Gasteiger partial charge in [-0.1, -0.05) is 17.4 Å². The number of hydrogen-bond acceptors (Lipinski definition) is 4.